The van der Waals surface area contributed by atoms with E-state index in [9.17, 15) is 19.2 Å². The normalized spacial score (nSPS) is 19.5. The maximum Gasteiger partial charge on any atom is 0.251 e. The van der Waals surface area contributed by atoms with Gasteiger partial charge in [0.05, 0.1) is 11.7 Å². The number of nitrogens with two attached hydrogens (primary N) is 1. The SMILES string of the molecule is Cc1cc(C(=O)N[C@@H]2CCNC2=O)ccc1-c1ccc(C[C@H](NC(=O)C2CCC(CN)CC2)C(=O)Nc2ccc3cn[nH]c3c2)cc1.Cl. The maximum absolute atomic E-state index is 13.6. The van der Waals surface area contributed by atoms with Crippen LogP contribution in [0, 0.1) is 18.8 Å². The number of halogens is 1. The molecule has 4 aromatic rings. The fraction of sp³-hybridized carbons (Fsp3) is 0.361. The molecule has 0 spiro atoms. The zero-order valence-corrected chi connectivity index (χ0v) is 27.7. The Morgan fingerprint density at radius 2 is 1.75 bits per heavy atom. The van der Waals surface area contributed by atoms with Crippen LogP contribution in [-0.4, -0.2) is 59.0 Å². The van der Waals surface area contributed by atoms with Gasteiger partial charge in [-0.3, -0.25) is 24.3 Å². The van der Waals surface area contributed by atoms with Gasteiger partial charge in [-0.2, -0.15) is 5.10 Å². The second-order valence-electron chi connectivity index (χ2n) is 12.7. The third-order valence-corrected chi connectivity index (χ3v) is 9.44. The zero-order valence-electron chi connectivity index (χ0n) is 26.9. The van der Waals surface area contributed by atoms with E-state index >= 15 is 0 Å². The average molecular weight is 672 g/mol. The molecule has 2 atom stereocenters. The molecule has 1 saturated carbocycles. The molecule has 7 N–H and O–H groups in total. The van der Waals surface area contributed by atoms with Gasteiger partial charge in [-0.15, -0.1) is 12.4 Å². The van der Waals surface area contributed by atoms with Crippen LogP contribution in [0.1, 0.15) is 53.6 Å². The number of amides is 4. The van der Waals surface area contributed by atoms with Gasteiger partial charge in [0.2, 0.25) is 17.7 Å². The molecule has 4 amide bonds. The first kappa shape index (κ1) is 34.6. The second-order valence-corrected chi connectivity index (χ2v) is 12.7. The number of rotatable bonds is 10. The molecule has 3 aromatic carbocycles. The standard InChI is InChI=1S/C36H41N7O4.ClH/c1-21-16-26(34(45)41-30-14-15-38-35(30)46)11-13-29(21)24-6-2-22(3-7-24)17-32(42-33(44)25-8-4-23(19-37)5-9-25)36(47)40-28-12-10-27-20-39-43-31(27)18-28;/h2-3,6-7,10-13,16,18,20,23,25,30,32H,4-5,8-9,14-15,17,19,37H2,1H3,(H,38,46)(H,39,43)(H,40,47)(H,41,45)(H,42,44);1H/t23?,25?,30-,32+;/m1./s1. The summed E-state index contributed by atoms with van der Waals surface area (Å²) in [7, 11) is 0. The minimum absolute atomic E-state index is 0. The van der Waals surface area contributed by atoms with Gasteiger partial charge in [0.1, 0.15) is 12.1 Å². The minimum atomic E-state index is -0.778. The first-order chi connectivity index (χ1) is 22.8. The first-order valence-electron chi connectivity index (χ1n) is 16.3. The number of fused-ring (bicyclic) bond motifs is 1. The Hall–Kier alpha value is -4.74. The fourth-order valence-corrected chi connectivity index (χ4v) is 6.56. The van der Waals surface area contributed by atoms with Crippen LogP contribution in [0.3, 0.4) is 0 Å². The summed E-state index contributed by atoms with van der Waals surface area (Å²) in [5.41, 5.74) is 11.5. The molecule has 0 radical (unpaired) electrons. The lowest BCUT2D eigenvalue weighted by atomic mass is 9.81. The van der Waals surface area contributed by atoms with Crippen molar-refractivity contribution in [3.8, 4) is 11.1 Å². The lowest BCUT2D eigenvalue weighted by molar-refractivity contribution is -0.130. The number of hydrogen-bond acceptors (Lipinski definition) is 6. The van der Waals surface area contributed by atoms with Gasteiger partial charge in [0, 0.05) is 35.5 Å². The highest BCUT2D eigenvalue weighted by atomic mass is 35.5. The molecule has 1 saturated heterocycles. The monoisotopic (exact) mass is 671 g/mol. The molecule has 11 nitrogen and oxygen atoms in total. The van der Waals surface area contributed by atoms with Gasteiger partial charge in [-0.1, -0.05) is 30.3 Å². The van der Waals surface area contributed by atoms with Crippen molar-refractivity contribution < 1.29 is 19.2 Å². The van der Waals surface area contributed by atoms with Crippen LogP contribution in [0.4, 0.5) is 5.69 Å². The van der Waals surface area contributed by atoms with Crippen molar-refractivity contribution in [2.45, 2.75) is 57.5 Å². The third kappa shape index (κ3) is 8.03. The van der Waals surface area contributed by atoms with Crippen LogP contribution in [0.25, 0.3) is 22.0 Å². The van der Waals surface area contributed by atoms with Crippen molar-refractivity contribution in [3.05, 3.63) is 83.6 Å². The molecular formula is C36H42ClN7O4. The molecule has 1 aliphatic carbocycles. The van der Waals surface area contributed by atoms with Gasteiger partial charge in [-0.05, 0) is 104 Å². The van der Waals surface area contributed by atoms with Crippen LogP contribution < -0.4 is 27.0 Å². The van der Waals surface area contributed by atoms with E-state index in [1.165, 1.54) is 0 Å². The number of carbonyl (C=O) groups excluding carboxylic acids is 4. The molecule has 12 heteroatoms. The number of aryl methyl sites for hydroxylation is 1. The number of hydrogen-bond donors (Lipinski definition) is 6. The summed E-state index contributed by atoms with van der Waals surface area (Å²) in [6, 6.07) is 17.6. The molecule has 252 valence electrons. The van der Waals surface area contributed by atoms with Gasteiger partial charge in [-0.25, -0.2) is 0 Å². The number of nitrogens with one attached hydrogen (secondary N) is 5. The van der Waals surface area contributed by atoms with Gasteiger partial charge in [0.15, 0.2) is 0 Å². The molecule has 2 aliphatic rings. The fourth-order valence-electron chi connectivity index (χ4n) is 6.56. The zero-order chi connectivity index (χ0) is 32.9. The lowest BCUT2D eigenvalue weighted by Crippen LogP contribution is -2.48. The van der Waals surface area contributed by atoms with Crippen molar-refractivity contribution >= 4 is 52.6 Å². The van der Waals surface area contributed by atoms with Crippen molar-refractivity contribution in [3.63, 3.8) is 0 Å². The largest absolute Gasteiger partial charge is 0.354 e. The first-order valence-corrected chi connectivity index (χ1v) is 16.3. The van der Waals surface area contributed by atoms with Gasteiger partial charge < -0.3 is 27.0 Å². The molecule has 1 aliphatic heterocycles. The number of benzene rings is 3. The smallest absolute Gasteiger partial charge is 0.251 e. The summed E-state index contributed by atoms with van der Waals surface area (Å²) in [6.07, 6.45) is 5.98. The molecular weight excluding hydrogens is 630 g/mol. The number of H-pyrrole nitrogens is 1. The quantitative estimate of drug-likeness (QED) is 0.149. The highest BCUT2D eigenvalue weighted by Gasteiger charge is 2.30. The van der Waals surface area contributed by atoms with Crippen molar-refractivity contribution in [1.82, 2.24) is 26.1 Å². The van der Waals surface area contributed by atoms with Gasteiger partial charge in [0.25, 0.3) is 5.91 Å². The van der Waals surface area contributed by atoms with Crippen LogP contribution in [0.2, 0.25) is 0 Å². The Morgan fingerprint density at radius 1 is 0.979 bits per heavy atom. The van der Waals surface area contributed by atoms with E-state index in [0.717, 1.165) is 58.8 Å². The Bertz CT molecular complexity index is 1780. The number of nitrogens with zero attached hydrogens (tertiary/aromatic N) is 1. The summed E-state index contributed by atoms with van der Waals surface area (Å²) < 4.78 is 0. The van der Waals surface area contributed by atoms with Gasteiger partial charge >= 0.3 is 0 Å². The third-order valence-electron chi connectivity index (χ3n) is 9.44. The maximum atomic E-state index is 13.6. The van der Waals surface area contributed by atoms with Crippen molar-refractivity contribution in [2.75, 3.05) is 18.4 Å². The second kappa shape index (κ2) is 15.4. The molecule has 6 rings (SSSR count). The summed E-state index contributed by atoms with van der Waals surface area (Å²) in [6.45, 7) is 3.14. The summed E-state index contributed by atoms with van der Waals surface area (Å²) >= 11 is 0. The molecule has 1 aromatic heterocycles. The van der Waals surface area contributed by atoms with E-state index in [4.69, 9.17) is 5.73 Å². The Labute approximate surface area is 285 Å². The minimum Gasteiger partial charge on any atom is -0.354 e. The summed E-state index contributed by atoms with van der Waals surface area (Å²) in [5, 5.41) is 19.5. The predicted octanol–water partition coefficient (Wildman–Crippen LogP) is 4.01. The van der Waals surface area contributed by atoms with E-state index in [-0.39, 0.29) is 42.0 Å². The number of aromatic nitrogens is 2. The van der Waals surface area contributed by atoms with E-state index in [1.54, 1.807) is 12.3 Å². The highest BCUT2D eigenvalue weighted by Crippen LogP contribution is 2.29. The van der Waals surface area contributed by atoms with Crippen LogP contribution in [-0.2, 0) is 20.8 Å². The van der Waals surface area contributed by atoms with Crippen LogP contribution in [0.5, 0.6) is 0 Å². The highest BCUT2D eigenvalue weighted by molar-refractivity contribution is 6.00. The number of anilines is 1. The van der Waals surface area contributed by atoms with Crippen LogP contribution >= 0.6 is 12.4 Å². The Balaban J connectivity index is 0.00000451. The van der Waals surface area contributed by atoms with E-state index in [0.29, 0.717) is 43.1 Å². The van der Waals surface area contributed by atoms with E-state index in [1.807, 2.05) is 61.5 Å². The van der Waals surface area contributed by atoms with Crippen LogP contribution in [0.15, 0.2) is 66.9 Å². The molecule has 0 unspecified atom stereocenters. The van der Waals surface area contributed by atoms with Crippen molar-refractivity contribution in [1.29, 1.82) is 0 Å². The molecule has 0 bridgehead atoms. The number of aromatic amines is 1. The molecule has 2 fully saturated rings. The number of carbonyl (C=O) groups is 4. The topological polar surface area (TPSA) is 171 Å². The summed E-state index contributed by atoms with van der Waals surface area (Å²) in [5.74, 6) is -0.519. The Morgan fingerprint density at radius 3 is 2.44 bits per heavy atom. The molecule has 48 heavy (non-hydrogen) atoms. The van der Waals surface area contributed by atoms with E-state index in [2.05, 4.69) is 31.5 Å². The lowest BCUT2D eigenvalue weighted by Gasteiger charge is -2.28. The molecule has 2 heterocycles. The predicted molar refractivity (Wildman–Crippen MR) is 188 cm³/mol. The Kier molecular flexibility index (Phi) is 11.1. The van der Waals surface area contributed by atoms with E-state index < -0.39 is 12.1 Å². The average Bonchev–Trinajstić information content (AvgIpc) is 3.72. The van der Waals surface area contributed by atoms with Crippen molar-refractivity contribution in [2.24, 2.45) is 17.6 Å². The summed E-state index contributed by atoms with van der Waals surface area (Å²) in [4.78, 5) is 51.6.